The highest BCUT2D eigenvalue weighted by Gasteiger charge is 2.14. The number of carbonyl (C=O) groups excluding carboxylic acids is 1. The Morgan fingerprint density at radius 3 is 2.87 bits per heavy atom. The summed E-state index contributed by atoms with van der Waals surface area (Å²) >= 11 is 6.12. The lowest BCUT2D eigenvalue weighted by Crippen LogP contribution is -2.32. The van der Waals surface area contributed by atoms with Gasteiger partial charge in [0, 0.05) is 19.6 Å². The zero-order chi connectivity index (χ0) is 16.7. The molecule has 0 aliphatic carbocycles. The van der Waals surface area contributed by atoms with Crippen LogP contribution in [0.4, 0.5) is 5.82 Å². The fourth-order valence-corrected chi connectivity index (χ4v) is 2.12. The van der Waals surface area contributed by atoms with Gasteiger partial charge in [-0.05, 0) is 34.9 Å². The summed E-state index contributed by atoms with van der Waals surface area (Å²) in [7, 11) is 0. The number of nitrogens with zero attached hydrogens (tertiary/aromatic N) is 2. The third-order valence-corrected chi connectivity index (χ3v) is 3.24. The molecule has 0 aliphatic heterocycles. The van der Waals surface area contributed by atoms with Crippen LogP contribution in [0.2, 0.25) is 5.02 Å². The molecule has 2 rings (SSSR count). The van der Waals surface area contributed by atoms with E-state index in [2.05, 4.69) is 25.6 Å². The fraction of sp³-hybridized carbons (Fsp3) is 0.357. The van der Waals surface area contributed by atoms with Gasteiger partial charge in [0.25, 0.3) is 5.91 Å². The Kier molecular flexibility index (Phi) is 6.19. The van der Waals surface area contributed by atoms with E-state index in [0.29, 0.717) is 37.0 Å². The van der Waals surface area contributed by atoms with Crippen molar-refractivity contribution in [1.82, 2.24) is 20.9 Å². The molecule has 0 atom stereocenters. The fourth-order valence-electron chi connectivity index (χ4n) is 1.86. The van der Waals surface area contributed by atoms with E-state index in [9.17, 15) is 4.79 Å². The quantitative estimate of drug-likeness (QED) is 0.619. The van der Waals surface area contributed by atoms with E-state index in [1.165, 1.54) is 0 Å². The van der Waals surface area contributed by atoms with Gasteiger partial charge in [-0.25, -0.2) is 4.63 Å². The second kappa shape index (κ2) is 8.35. The van der Waals surface area contributed by atoms with Gasteiger partial charge in [-0.3, -0.25) is 4.79 Å². The van der Waals surface area contributed by atoms with Crippen molar-refractivity contribution in [3.8, 4) is 5.75 Å². The number of rotatable bonds is 8. The highest BCUT2D eigenvalue weighted by Crippen LogP contribution is 2.25. The van der Waals surface area contributed by atoms with Crippen molar-refractivity contribution in [2.24, 2.45) is 0 Å². The first kappa shape index (κ1) is 17.0. The Bertz CT molecular complexity index is 662. The minimum atomic E-state index is -0.422. The SMILES string of the molecule is CCOc1ccc(CNCCNC(=O)c2nonc2N)cc1Cl. The molecule has 23 heavy (non-hydrogen) atoms. The molecule has 0 unspecified atom stereocenters. The van der Waals surface area contributed by atoms with Crippen LogP contribution in [0.15, 0.2) is 22.8 Å². The molecule has 9 heteroatoms. The van der Waals surface area contributed by atoms with Crippen LogP contribution < -0.4 is 21.1 Å². The molecule has 124 valence electrons. The standard InChI is InChI=1S/C14H18ClN5O3/c1-2-22-11-4-3-9(7-10(11)15)8-17-5-6-18-14(21)12-13(16)20-23-19-12/h3-4,7,17H,2,5-6,8H2,1H3,(H2,16,20)(H,18,21). The van der Waals surface area contributed by atoms with Crippen molar-refractivity contribution in [1.29, 1.82) is 0 Å². The van der Waals surface area contributed by atoms with Gasteiger partial charge in [0.2, 0.25) is 11.5 Å². The molecule has 0 saturated heterocycles. The smallest absolute Gasteiger partial charge is 0.277 e. The van der Waals surface area contributed by atoms with Crippen molar-refractivity contribution in [2.75, 3.05) is 25.4 Å². The maximum absolute atomic E-state index is 11.7. The van der Waals surface area contributed by atoms with Crippen molar-refractivity contribution >= 4 is 23.3 Å². The number of halogens is 1. The Labute approximate surface area is 138 Å². The number of aromatic nitrogens is 2. The van der Waals surface area contributed by atoms with Gasteiger partial charge in [-0.15, -0.1) is 0 Å². The van der Waals surface area contributed by atoms with Gasteiger partial charge in [-0.1, -0.05) is 17.7 Å². The van der Waals surface area contributed by atoms with E-state index in [4.69, 9.17) is 22.1 Å². The van der Waals surface area contributed by atoms with Gasteiger partial charge in [0.05, 0.1) is 11.6 Å². The highest BCUT2D eigenvalue weighted by molar-refractivity contribution is 6.32. The molecule has 0 bridgehead atoms. The Balaban J connectivity index is 1.70. The molecule has 0 spiro atoms. The number of hydrogen-bond acceptors (Lipinski definition) is 7. The third-order valence-electron chi connectivity index (χ3n) is 2.94. The number of amides is 1. The van der Waals surface area contributed by atoms with Crippen molar-refractivity contribution in [2.45, 2.75) is 13.5 Å². The molecule has 0 radical (unpaired) electrons. The largest absolute Gasteiger partial charge is 0.492 e. The molecular formula is C14H18ClN5O3. The number of hydrogen-bond donors (Lipinski definition) is 3. The Morgan fingerprint density at radius 2 is 2.22 bits per heavy atom. The maximum Gasteiger partial charge on any atom is 0.277 e. The van der Waals surface area contributed by atoms with Gasteiger partial charge in [0.15, 0.2) is 0 Å². The third kappa shape index (κ3) is 4.83. The van der Waals surface area contributed by atoms with Crippen molar-refractivity contribution < 1.29 is 14.2 Å². The summed E-state index contributed by atoms with van der Waals surface area (Å²) in [6.45, 7) is 4.08. The first-order chi connectivity index (χ1) is 11.1. The number of nitrogen functional groups attached to an aromatic ring is 1. The summed E-state index contributed by atoms with van der Waals surface area (Å²) in [5.74, 6) is 0.221. The molecular weight excluding hydrogens is 322 g/mol. The Morgan fingerprint density at radius 1 is 1.39 bits per heavy atom. The first-order valence-electron chi connectivity index (χ1n) is 7.10. The van der Waals surface area contributed by atoms with Crippen LogP contribution >= 0.6 is 11.6 Å². The average Bonchev–Trinajstić information content (AvgIpc) is 2.95. The lowest BCUT2D eigenvalue weighted by molar-refractivity contribution is 0.0944. The highest BCUT2D eigenvalue weighted by atomic mass is 35.5. The molecule has 2 aromatic rings. The van der Waals surface area contributed by atoms with Crippen LogP contribution in [0.3, 0.4) is 0 Å². The zero-order valence-electron chi connectivity index (χ0n) is 12.6. The average molecular weight is 340 g/mol. The Hall–Kier alpha value is -2.32. The van der Waals surface area contributed by atoms with Crippen LogP contribution in [-0.2, 0) is 6.54 Å². The van der Waals surface area contributed by atoms with Crippen molar-refractivity contribution in [3.05, 3.63) is 34.5 Å². The molecule has 4 N–H and O–H groups in total. The zero-order valence-corrected chi connectivity index (χ0v) is 13.4. The van der Waals surface area contributed by atoms with Gasteiger partial charge in [0.1, 0.15) is 5.75 Å². The van der Waals surface area contributed by atoms with Crippen LogP contribution in [0.25, 0.3) is 0 Å². The number of ether oxygens (including phenoxy) is 1. The number of nitrogens with one attached hydrogen (secondary N) is 2. The second-order valence-electron chi connectivity index (χ2n) is 4.63. The second-order valence-corrected chi connectivity index (χ2v) is 5.04. The monoisotopic (exact) mass is 339 g/mol. The summed E-state index contributed by atoms with van der Waals surface area (Å²) < 4.78 is 9.74. The van der Waals surface area contributed by atoms with Crippen LogP contribution in [0.1, 0.15) is 23.0 Å². The van der Waals surface area contributed by atoms with Crippen molar-refractivity contribution in [3.63, 3.8) is 0 Å². The molecule has 8 nitrogen and oxygen atoms in total. The van der Waals surface area contributed by atoms with E-state index in [-0.39, 0.29) is 11.5 Å². The van der Waals surface area contributed by atoms with Crippen LogP contribution in [0.5, 0.6) is 5.75 Å². The maximum atomic E-state index is 11.7. The molecule has 0 fully saturated rings. The van der Waals surface area contributed by atoms with E-state index in [0.717, 1.165) is 5.56 Å². The summed E-state index contributed by atoms with van der Waals surface area (Å²) in [5, 5.41) is 13.2. The van der Waals surface area contributed by atoms with Gasteiger partial charge >= 0.3 is 0 Å². The minimum absolute atomic E-state index is 0.0108. The number of benzene rings is 1. The van der Waals surface area contributed by atoms with Crippen LogP contribution in [0, 0.1) is 0 Å². The van der Waals surface area contributed by atoms with Crippen LogP contribution in [-0.4, -0.2) is 35.9 Å². The summed E-state index contributed by atoms with van der Waals surface area (Å²) in [5.41, 5.74) is 6.44. The molecule has 1 aromatic heterocycles. The topological polar surface area (TPSA) is 115 Å². The lowest BCUT2D eigenvalue weighted by Gasteiger charge is -2.09. The molecule has 0 aliphatic rings. The van der Waals surface area contributed by atoms with E-state index < -0.39 is 5.91 Å². The minimum Gasteiger partial charge on any atom is -0.492 e. The lowest BCUT2D eigenvalue weighted by atomic mass is 10.2. The number of nitrogens with two attached hydrogens (primary N) is 1. The summed E-state index contributed by atoms with van der Waals surface area (Å²) in [6.07, 6.45) is 0. The normalized spacial score (nSPS) is 10.5. The molecule has 1 heterocycles. The molecule has 1 amide bonds. The predicted octanol–water partition coefficient (Wildman–Crippen LogP) is 1.22. The summed E-state index contributed by atoms with van der Waals surface area (Å²) in [4.78, 5) is 11.7. The number of carbonyl (C=O) groups is 1. The summed E-state index contributed by atoms with van der Waals surface area (Å²) in [6, 6.07) is 5.62. The predicted molar refractivity (Wildman–Crippen MR) is 85.4 cm³/mol. The van der Waals surface area contributed by atoms with E-state index in [1.807, 2.05) is 25.1 Å². The van der Waals surface area contributed by atoms with Gasteiger partial charge < -0.3 is 21.1 Å². The van der Waals surface area contributed by atoms with E-state index >= 15 is 0 Å². The number of anilines is 1. The van der Waals surface area contributed by atoms with E-state index in [1.54, 1.807) is 0 Å². The molecule has 0 saturated carbocycles. The first-order valence-corrected chi connectivity index (χ1v) is 7.47. The molecule has 1 aromatic carbocycles. The van der Waals surface area contributed by atoms with Gasteiger partial charge in [-0.2, -0.15) is 0 Å².